The molecule has 0 radical (unpaired) electrons. The Bertz CT molecular complexity index is 782. The molecule has 148 valence electrons. The van der Waals surface area contributed by atoms with E-state index in [0.717, 1.165) is 0 Å². The third-order valence-corrected chi connectivity index (χ3v) is 6.92. The number of ether oxygens (including phenoxy) is 2. The summed E-state index contributed by atoms with van der Waals surface area (Å²) in [7, 11) is 0. The van der Waals surface area contributed by atoms with E-state index in [1.165, 1.54) is 0 Å². The van der Waals surface area contributed by atoms with Gasteiger partial charge in [0.1, 0.15) is 5.60 Å². The summed E-state index contributed by atoms with van der Waals surface area (Å²) in [6.45, 7) is 7.19. The van der Waals surface area contributed by atoms with Gasteiger partial charge >= 0.3 is 6.09 Å². The minimum atomic E-state index is -0.564. The molecule has 0 aromatic heterocycles. The van der Waals surface area contributed by atoms with Crippen LogP contribution in [0.1, 0.15) is 36.7 Å². The van der Waals surface area contributed by atoms with Crippen molar-refractivity contribution in [1.29, 1.82) is 0 Å². The highest BCUT2D eigenvalue weighted by Gasteiger charge is 2.37. The first-order valence-corrected chi connectivity index (χ1v) is 10.4. The van der Waals surface area contributed by atoms with Crippen LogP contribution in [0.3, 0.4) is 0 Å². The van der Waals surface area contributed by atoms with Gasteiger partial charge in [0.2, 0.25) is 0 Å². The first kappa shape index (κ1) is 21.0. The minimum absolute atomic E-state index is 0.137. The summed E-state index contributed by atoms with van der Waals surface area (Å²) in [5, 5.41) is 0.898. The summed E-state index contributed by atoms with van der Waals surface area (Å²) in [6, 6.07) is 1.41. The predicted molar refractivity (Wildman–Crippen MR) is 111 cm³/mol. The normalized spacial score (nSPS) is 20.5. The number of fused-ring (bicyclic) bond motifs is 2. The molecule has 1 aromatic carbocycles. The molecule has 1 aromatic rings. The van der Waals surface area contributed by atoms with E-state index >= 15 is 0 Å². The van der Waals surface area contributed by atoms with E-state index in [9.17, 15) is 9.59 Å². The number of hydrogen-bond acceptors (Lipinski definition) is 4. The van der Waals surface area contributed by atoms with Gasteiger partial charge in [-0.15, -0.1) is 0 Å². The first-order valence-electron chi connectivity index (χ1n) is 8.61. The lowest BCUT2D eigenvalue weighted by molar-refractivity contribution is -0.0158. The zero-order valence-corrected chi connectivity index (χ0v) is 19.0. The lowest BCUT2D eigenvalue weighted by Crippen LogP contribution is -2.59. The smallest absolute Gasteiger partial charge is 0.410 e. The zero-order valence-electron chi connectivity index (χ0n) is 15.4. The van der Waals surface area contributed by atoms with E-state index in [-0.39, 0.29) is 24.6 Å². The number of nitrogens with zero attached hydrogens (tertiary/aromatic N) is 2. The highest BCUT2D eigenvalue weighted by Crippen LogP contribution is 2.35. The van der Waals surface area contributed by atoms with Gasteiger partial charge in [0.15, 0.2) is 0 Å². The topological polar surface area (TPSA) is 59.1 Å². The molecule has 1 fully saturated rings. The Morgan fingerprint density at radius 1 is 1.33 bits per heavy atom. The molecule has 2 aliphatic heterocycles. The molecule has 0 spiro atoms. The van der Waals surface area contributed by atoms with Crippen molar-refractivity contribution in [1.82, 2.24) is 9.80 Å². The molecular formula is C18H21Cl2IN2O4. The molecule has 27 heavy (non-hydrogen) atoms. The van der Waals surface area contributed by atoms with Gasteiger partial charge in [-0.1, -0.05) is 23.2 Å². The number of rotatable bonds is 0. The van der Waals surface area contributed by atoms with Crippen LogP contribution in [0.4, 0.5) is 4.79 Å². The summed E-state index contributed by atoms with van der Waals surface area (Å²) in [6.07, 6.45) is -0.377. The number of amides is 2. The number of carbonyl (C=O) groups is 2. The van der Waals surface area contributed by atoms with Gasteiger partial charge in [-0.2, -0.15) is 0 Å². The van der Waals surface area contributed by atoms with Crippen molar-refractivity contribution in [3.05, 3.63) is 30.8 Å². The standard InChI is InChI=1S/C18H21Cl2IN2O4/c1-18(2,3)27-17(25)22-4-5-23-10(7-22)8-26-9-12-11(16(23)24)6-13(19)15(21)14(12)20/h6,10H,4-5,7-9H2,1-3H3/t10-/m1/s1. The lowest BCUT2D eigenvalue weighted by Gasteiger charge is -2.42. The molecular weight excluding hydrogens is 506 g/mol. The third kappa shape index (κ3) is 4.46. The highest BCUT2D eigenvalue weighted by molar-refractivity contribution is 14.1. The molecule has 0 saturated carbocycles. The van der Waals surface area contributed by atoms with E-state index in [1.54, 1.807) is 15.9 Å². The average molecular weight is 527 g/mol. The van der Waals surface area contributed by atoms with Crippen LogP contribution >= 0.6 is 45.8 Å². The van der Waals surface area contributed by atoms with Crippen molar-refractivity contribution in [2.24, 2.45) is 0 Å². The number of piperazine rings is 1. The van der Waals surface area contributed by atoms with Gasteiger partial charge in [-0.05, 0) is 49.4 Å². The average Bonchev–Trinajstić information content (AvgIpc) is 2.58. The van der Waals surface area contributed by atoms with E-state index in [4.69, 9.17) is 32.7 Å². The quantitative estimate of drug-likeness (QED) is 0.376. The summed E-state index contributed by atoms with van der Waals surface area (Å²) in [5.41, 5.74) is 0.551. The molecule has 2 aliphatic rings. The number of halogens is 3. The Balaban J connectivity index is 1.83. The van der Waals surface area contributed by atoms with Crippen LogP contribution in [0.2, 0.25) is 10.0 Å². The van der Waals surface area contributed by atoms with Crippen molar-refractivity contribution < 1.29 is 19.1 Å². The van der Waals surface area contributed by atoms with Crippen LogP contribution in [0.5, 0.6) is 0 Å². The summed E-state index contributed by atoms with van der Waals surface area (Å²) in [4.78, 5) is 28.9. The third-order valence-electron chi connectivity index (χ3n) is 4.45. The van der Waals surface area contributed by atoms with Crippen LogP contribution < -0.4 is 0 Å². The second-order valence-electron chi connectivity index (χ2n) is 7.61. The molecule has 9 heteroatoms. The Morgan fingerprint density at radius 2 is 2.04 bits per heavy atom. The number of benzene rings is 1. The minimum Gasteiger partial charge on any atom is -0.444 e. The van der Waals surface area contributed by atoms with Crippen LogP contribution in [0.25, 0.3) is 0 Å². The fourth-order valence-electron chi connectivity index (χ4n) is 3.17. The van der Waals surface area contributed by atoms with Crippen molar-refractivity contribution in [3.63, 3.8) is 0 Å². The van der Waals surface area contributed by atoms with E-state index in [1.807, 2.05) is 20.8 Å². The predicted octanol–water partition coefficient (Wildman–Crippen LogP) is 4.19. The van der Waals surface area contributed by atoms with Crippen molar-refractivity contribution in [3.8, 4) is 0 Å². The van der Waals surface area contributed by atoms with E-state index in [2.05, 4.69) is 22.6 Å². The van der Waals surface area contributed by atoms with Gasteiger partial charge in [-0.25, -0.2) is 4.79 Å². The van der Waals surface area contributed by atoms with Crippen LogP contribution in [0.15, 0.2) is 6.07 Å². The van der Waals surface area contributed by atoms with E-state index in [0.29, 0.717) is 51.0 Å². The second kappa shape index (κ2) is 7.93. The summed E-state index contributed by atoms with van der Waals surface area (Å²) >= 11 is 14.7. The van der Waals surface area contributed by atoms with Crippen molar-refractivity contribution in [2.45, 2.75) is 39.0 Å². The molecule has 2 amide bonds. The highest BCUT2D eigenvalue weighted by atomic mass is 127. The molecule has 1 saturated heterocycles. The monoisotopic (exact) mass is 526 g/mol. The fraction of sp³-hybridized carbons (Fsp3) is 0.556. The Kier molecular flexibility index (Phi) is 6.15. The maximum Gasteiger partial charge on any atom is 0.410 e. The van der Waals surface area contributed by atoms with Crippen LogP contribution in [0, 0.1) is 3.57 Å². The lowest BCUT2D eigenvalue weighted by atomic mass is 10.0. The van der Waals surface area contributed by atoms with Gasteiger partial charge in [-0.3, -0.25) is 4.79 Å². The molecule has 0 unspecified atom stereocenters. The summed E-state index contributed by atoms with van der Waals surface area (Å²) < 4.78 is 12.0. The van der Waals surface area contributed by atoms with Gasteiger partial charge < -0.3 is 19.3 Å². The molecule has 0 bridgehead atoms. The van der Waals surface area contributed by atoms with Crippen molar-refractivity contribution in [2.75, 3.05) is 26.2 Å². The molecule has 2 heterocycles. The Hall–Kier alpha value is -0.770. The maximum absolute atomic E-state index is 13.2. The first-order chi connectivity index (χ1) is 12.6. The summed E-state index contributed by atoms with van der Waals surface area (Å²) in [5.74, 6) is -0.137. The van der Waals surface area contributed by atoms with Gasteiger partial charge in [0.05, 0.1) is 32.9 Å². The van der Waals surface area contributed by atoms with Gasteiger partial charge in [0.25, 0.3) is 5.91 Å². The van der Waals surface area contributed by atoms with E-state index < -0.39 is 5.60 Å². The number of hydrogen-bond donors (Lipinski definition) is 0. The molecule has 3 rings (SSSR count). The SMILES string of the molecule is CC(C)(C)OC(=O)N1CCN2C(=O)c3cc(Cl)c(I)c(Cl)c3COC[C@H]2C1. The molecule has 0 aliphatic carbocycles. The largest absolute Gasteiger partial charge is 0.444 e. The fourth-order valence-corrected chi connectivity index (χ4v) is 4.17. The maximum atomic E-state index is 13.2. The van der Waals surface area contributed by atoms with Crippen LogP contribution in [-0.2, 0) is 16.1 Å². The molecule has 6 nitrogen and oxygen atoms in total. The zero-order chi connectivity index (χ0) is 19.9. The Morgan fingerprint density at radius 3 is 2.70 bits per heavy atom. The van der Waals surface area contributed by atoms with Gasteiger partial charge in [0, 0.05) is 30.8 Å². The second-order valence-corrected chi connectivity index (χ2v) is 9.47. The van der Waals surface area contributed by atoms with Crippen LogP contribution in [-0.4, -0.2) is 59.7 Å². The Labute approximate surface area is 182 Å². The molecule has 0 N–H and O–H groups in total. The number of carbonyl (C=O) groups excluding carboxylic acids is 2. The molecule has 1 atom stereocenters. The van der Waals surface area contributed by atoms with Crippen molar-refractivity contribution >= 4 is 57.8 Å².